The molecular weight excluding hydrogens is 362 g/mol. The molecule has 0 aliphatic heterocycles. The molecule has 8 heteroatoms. The van der Waals surface area contributed by atoms with Crippen molar-refractivity contribution >= 4 is 38.5 Å². The molecule has 0 spiro atoms. The lowest BCUT2D eigenvalue weighted by atomic mass is 10.3. The molecule has 0 unspecified atom stereocenters. The first kappa shape index (κ1) is 17.4. The molecule has 3 heterocycles. The third-order valence-electron chi connectivity index (χ3n) is 4.53. The Bertz CT molecular complexity index is 1170. The number of amides is 1. The first-order valence-corrected chi connectivity index (χ1v) is 9.62. The van der Waals surface area contributed by atoms with Crippen LogP contribution in [0.25, 0.3) is 21.3 Å². The fraction of sp³-hybridized carbons (Fsp3) is 0.263. The second-order valence-corrected chi connectivity index (χ2v) is 7.18. The number of aromatic nitrogens is 4. The minimum Gasteiger partial charge on any atom is -0.354 e. The highest BCUT2D eigenvalue weighted by molar-refractivity contribution is 7.16. The molecule has 0 saturated carbocycles. The lowest BCUT2D eigenvalue weighted by Gasteiger charge is -2.09. The highest BCUT2D eigenvalue weighted by atomic mass is 32.1. The highest BCUT2D eigenvalue weighted by Gasteiger charge is 2.09. The third-order valence-corrected chi connectivity index (χ3v) is 5.35. The summed E-state index contributed by atoms with van der Waals surface area (Å²) in [6.07, 6.45) is 1.75. The van der Waals surface area contributed by atoms with Crippen LogP contribution in [0.5, 0.6) is 0 Å². The molecule has 27 heavy (non-hydrogen) atoms. The second kappa shape index (κ2) is 7.32. The average Bonchev–Trinajstić information content (AvgIpc) is 3.26. The molecule has 1 aromatic carbocycles. The Morgan fingerprint density at radius 3 is 2.96 bits per heavy atom. The number of thiophene rings is 1. The van der Waals surface area contributed by atoms with E-state index in [0.717, 1.165) is 21.7 Å². The number of carbonyl (C=O) groups is 1. The standard InChI is InChI=1S/C19H19N5O2S/c1-13-22-15-4-2-3-5-16(15)24(13)10-8-20-17(25)6-9-23-12-21-18-14(19(23)26)7-11-27-18/h2-5,7,11-12H,6,8-10H2,1H3,(H,20,25). The minimum absolute atomic E-state index is 0.0885. The normalized spacial score (nSPS) is 11.3. The van der Waals surface area contributed by atoms with Crippen LogP contribution in [0.3, 0.4) is 0 Å². The van der Waals surface area contributed by atoms with Gasteiger partial charge in [-0.3, -0.25) is 14.2 Å². The summed E-state index contributed by atoms with van der Waals surface area (Å²) in [5.41, 5.74) is 1.91. The second-order valence-electron chi connectivity index (χ2n) is 6.28. The van der Waals surface area contributed by atoms with Crippen molar-refractivity contribution < 1.29 is 4.79 Å². The van der Waals surface area contributed by atoms with E-state index in [0.29, 0.717) is 25.0 Å². The monoisotopic (exact) mass is 381 g/mol. The molecule has 4 aromatic rings. The summed E-state index contributed by atoms with van der Waals surface area (Å²) in [6.45, 7) is 3.44. The Kier molecular flexibility index (Phi) is 4.72. The van der Waals surface area contributed by atoms with Crippen molar-refractivity contribution in [1.29, 1.82) is 0 Å². The van der Waals surface area contributed by atoms with Crippen LogP contribution in [0.15, 0.2) is 46.8 Å². The molecule has 1 N–H and O–H groups in total. The van der Waals surface area contributed by atoms with Crippen molar-refractivity contribution in [3.63, 3.8) is 0 Å². The van der Waals surface area contributed by atoms with Crippen molar-refractivity contribution in [2.45, 2.75) is 26.4 Å². The van der Waals surface area contributed by atoms with E-state index in [1.807, 2.05) is 36.6 Å². The van der Waals surface area contributed by atoms with E-state index in [2.05, 4.69) is 19.9 Å². The van der Waals surface area contributed by atoms with Crippen LogP contribution in [-0.2, 0) is 17.9 Å². The summed E-state index contributed by atoms with van der Waals surface area (Å²) >= 11 is 1.43. The van der Waals surface area contributed by atoms with Gasteiger partial charge < -0.3 is 9.88 Å². The lowest BCUT2D eigenvalue weighted by molar-refractivity contribution is -0.121. The Morgan fingerprint density at radius 2 is 2.07 bits per heavy atom. The van der Waals surface area contributed by atoms with Crippen LogP contribution in [-0.4, -0.2) is 31.6 Å². The van der Waals surface area contributed by atoms with Gasteiger partial charge in [0.1, 0.15) is 10.7 Å². The van der Waals surface area contributed by atoms with Gasteiger partial charge in [0, 0.05) is 26.1 Å². The van der Waals surface area contributed by atoms with Crippen LogP contribution in [0.2, 0.25) is 0 Å². The predicted octanol–water partition coefficient (Wildman–Crippen LogP) is 2.32. The topological polar surface area (TPSA) is 81.8 Å². The number of nitrogens with zero attached hydrogens (tertiary/aromatic N) is 4. The number of nitrogens with one attached hydrogen (secondary N) is 1. The summed E-state index contributed by atoms with van der Waals surface area (Å²) in [6, 6.07) is 9.72. The fourth-order valence-corrected chi connectivity index (χ4v) is 3.87. The van der Waals surface area contributed by atoms with Gasteiger partial charge in [-0.25, -0.2) is 9.97 Å². The molecule has 4 rings (SSSR count). The maximum Gasteiger partial charge on any atom is 0.262 e. The van der Waals surface area contributed by atoms with E-state index in [1.165, 1.54) is 22.2 Å². The van der Waals surface area contributed by atoms with E-state index >= 15 is 0 Å². The Morgan fingerprint density at radius 1 is 1.22 bits per heavy atom. The van der Waals surface area contributed by atoms with Crippen molar-refractivity contribution in [2.75, 3.05) is 6.54 Å². The molecule has 0 atom stereocenters. The molecule has 0 fully saturated rings. The first-order chi connectivity index (χ1) is 13.1. The maximum atomic E-state index is 12.3. The van der Waals surface area contributed by atoms with Crippen LogP contribution in [0, 0.1) is 6.92 Å². The Balaban J connectivity index is 1.33. The molecule has 0 bridgehead atoms. The molecule has 0 aliphatic rings. The highest BCUT2D eigenvalue weighted by Crippen LogP contribution is 2.15. The fourth-order valence-electron chi connectivity index (χ4n) is 3.15. The van der Waals surface area contributed by atoms with Crippen LogP contribution in [0.1, 0.15) is 12.2 Å². The maximum absolute atomic E-state index is 12.3. The van der Waals surface area contributed by atoms with Gasteiger partial charge in [-0.15, -0.1) is 11.3 Å². The number of hydrogen-bond acceptors (Lipinski definition) is 5. The van der Waals surface area contributed by atoms with E-state index in [9.17, 15) is 9.59 Å². The average molecular weight is 381 g/mol. The van der Waals surface area contributed by atoms with Crippen molar-refractivity contribution in [3.05, 3.63) is 58.2 Å². The summed E-state index contributed by atoms with van der Waals surface area (Å²) in [5.74, 6) is 0.835. The molecule has 7 nitrogen and oxygen atoms in total. The smallest absolute Gasteiger partial charge is 0.262 e. The third kappa shape index (κ3) is 3.48. The van der Waals surface area contributed by atoms with Gasteiger partial charge in [-0.05, 0) is 30.5 Å². The Hall–Kier alpha value is -3.00. The molecule has 1 amide bonds. The minimum atomic E-state index is -0.102. The quantitative estimate of drug-likeness (QED) is 0.556. The number of aryl methyl sites for hydroxylation is 2. The van der Waals surface area contributed by atoms with Crippen molar-refractivity contribution in [2.24, 2.45) is 0 Å². The molecular formula is C19H19N5O2S. The zero-order valence-corrected chi connectivity index (χ0v) is 15.7. The largest absolute Gasteiger partial charge is 0.354 e. The number of fused-ring (bicyclic) bond motifs is 2. The zero-order valence-electron chi connectivity index (χ0n) is 14.9. The molecule has 3 aromatic heterocycles. The van der Waals surface area contributed by atoms with Gasteiger partial charge in [0.25, 0.3) is 5.56 Å². The number of carbonyl (C=O) groups excluding carboxylic acids is 1. The Labute approximate surface area is 159 Å². The van der Waals surface area contributed by atoms with E-state index in [-0.39, 0.29) is 17.9 Å². The van der Waals surface area contributed by atoms with Gasteiger partial charge in [-0.1, -0.05) is 12.1 Å². The van der Waals surface area contributed by atoms with Gasteiger partial charge in [0.05, 0.1) is 22.7 Å². The first-order valence-electron chi connectivity index (χ1n) is 8.75. The van der Waals surface area contributed by atoms with E-state index in [1.54, 1.807) is 6.07 Å². The number of para-hydroxylation sites is 2. The molecule has 138 valence electrons. The molecule has 0 aliphatic carbocycles. The molecule has 0 saturated heterocycles. The van der Waals surface area contributed by atoms with E-state index < -0.39 is 0 Å². The zero-order chi connectivity index (χ0) is 18.8. The van der Waals surface area contributed by atoms with Gasteiger partial charge >= 0.3 is 0 Å². The van der Waals surface area contributed by atoms with E-state index in [4.69, 9.17) is 0 Å². The predicted molar refractivity (Wildman–Crippen MR) is 106 cm³/mol. The number of benzene rings is 1. The lowest BCUT2D eigenvalue weighted by Crippen LogP contribution is -2.30. The number of imidazole rings is 1. The summed E-state index contributed by atoms with van der Waals surface area (Å²) in [7, 11) is 0. The summed E-state index contributed by atoms with van der Waals surface area (Å²) in [4.78, 5) is 34.0. The summed E-state index contributed by atoms with van der Waals surface area (Å²) < 4.78 is 3.58. The SMILES string of the molecule is Cc1nc2ccccc2n1CCNC(=O)CCn1cnc2sccc2c1=O. The van der Waals surface area contributed by atoms with Crippen LogP contribution >= 0.6 is 11.3 Å². The molecule has 0 radical (unpaired) electrons. The van der Waals surface area contributed by atoms with Gasteiger partial charge in [0.15, 0.2) is 0 Å². The van der Waals surface area contributed by atoms with Crippen molar-refractivity contribution in [3.8, 4) is 0 Å². The van der Waals surface area contributed by atoms with Crippen LogP contribution in [0.4, 0.5) is 0 Å². The van der Waals surface area contributed by atoms with Gasteiger partial charge in [0.2, 0.25) is 5.91 Å². The van der Waals surface area contributed by atoms with Crippen molar-refractivity contribution in [1.82, 2.24) is 24.4 Å². The van der Waals surface area contributed by atoms with Crippen LogP contribution < -0.4 is 10.9 Å². The van der Waals surface area contributed by atoms with Gasteiger partial charge in [-0.2, -0.15) is 0 Å². The summed E-state index contributed by atoms with van der Waals surface area (Å²) in [5, 5.41) is 5.36. The number of rotatable bonds is 6. The number of hydrogen-bond donors (Lipinski definition) is 1.